The Labute approximate surface area is 115 Å². The number of carbonyl (C=O) groups excluding carboxylic acids is 1. The van der Waals surface area contributed by atoms with Gasteiger partial charge in [0.05, 0.1) is 11.6 Å². The highest BCUT2D eigenvalue weighted by molar-refractivity contribution is 6.05. The predicted octanol–water partition coefficient (Wildman–Crippen LogP) is 1.21. The Hall–Kier alpha value is -2.78. The summed E-state index contributed by atoms with van der Waals surface area (Å²) in [4.78, 5) is 23.3. The predicted molar refractivity (Wildman–Crippen MR) is 71.5 cm³/mol. The van der Waals surface area contributed by atoms with Gasteiger partial charge in [-0.3, -0.25) is 14.9 Å². The lowest BCUT2D eigenvalue weighted by molar-refractivity contribution is -0.537. The second-order valence-corrected chi connectivity index (χ2v) is 4.37. The van der Waals surface area contributed by atoms with Crippen LogP contribution in [0.4, 0.5) is 0 Å². The van der Waals surface area contributed by atoms with Crippen LogP contribution in [0.15, 0.2) is 48.6 Å². The van der Waals surface area contributed by atoms with Gasteiger partial charge >= 0.3 is 5.54 Å². The molecule has 1 aromatic rings. The minimum absolute atomic E-state index is 0.0937. The van der Waals surface area contributed by atoms with Gasteiger partial charge in [0.25, 0.3) is 0 Å². The smallest absolute Gasteiger partial charge is 0.318 e. The van der Waals surface area contributed by atoms with Crippen molar-refractivity contribution in [2.24, 2.45) is 5.73 Å². The van der Waals surface area contributed by atoms with Crippen LogP contribution < -0.4 is 5.73 Å². The average Bonchev–Trinajstić information content (AvgIpc) is 2.47. The van der Waals surface area contributed by atoms with Crippen LogP contribution in [-0.2, 0) is 0 Å². The van der Waals surface area contributed by atoms with Crippen molar-refractivity contribution in [1.82, 2.24) is 0 Å². The van der Waals surface area contributed by atoms with Gasteiger partial charge in [-0.05, 0) is 12.1 Å². The van der Waals surface area contributed by atoms with Crippen molar-refractivity contribution in [3.8, 4) is 6.07 Å². The van der Waals surface area contributed by atoms with Gasteiger partial charge in [-0.25, -0.2) is 0 Å². The Morgan fingerprint density at radius 3 is 2.80 bits per heavy atom. The first-order valence-electron chi connectivity index (χ1n) is 5.83. The van der Waals surface area contributed by atoms with Crippen LogP contribution in [0.3, 0.4) is 0 Å². The van der Waals surface area contributed by atoms with Gasteiger partial charge in [-0.2, -0.15) is 5.26 Å². The number of rotatable bonds is 3. The van der Waals surface area contributed by atoms with Gasteiger partial charge in [-0.1, -0.05) is 30.4 Å². The lowest BCUT2D eigenvalue weighted by atomic mass is 9.80. The van der Waals surface area contributed by atoms with E-state index in [4.69, 9.17) is 11.0 Å². The zero-order valence-electron chi connectivity index (χ0n) is 10.4. The van der Waals surface area contributed by atoms with Gasteiger partial charge in [0.2, 0.25) is 5.78 Å². The molecule has 1 aliphatic rings. The normalized spacial score (nSPS) is 24.1. The molecular formula is C14H11N3O3. The van der Waals surface area contributed by atoms with Crippen molar-refractivity contribution < 1.29 is 9.72 Å². The lowest BCUT2D eigenvalue weighted by Gasteiger charge is -2.26. The van der Waals surface area contributed by atoms with Gasteiger partial charge in [-0.15, -0.1) is 0 Å². The molecule has 0 saturated carbocycles. The average molecular weight is 269 g/mol. The second-order valence-electron chi connectivity index (χ2n) is 4.37. The van der Waals surface area contributed by atoms with E-state index < -0.39 is 22.3 Å². The summed E-state index contributed by atoms with van der Waals surface area (Å²) < 4.78 is 0. The monoisotopic (exact) mass is 269 g/mol. The third-order valence-electron chi connectivity index (χ3n) is 3.21. The van der Waals surface area contributed by atoms with Crippen LogP contribution in [0, 0.1) is 21.4 Å². The molecule has 0 radical (unpaired) electrons. The van der Waals surface area contributed by atoms with E-state index in [-0.39, 0.29) is 11.1 Å². The topological polar surface area (TPSA) is 110 Å². The Balaban J connectivity index is 2.53. The molecule has 0 saturated heterocycles. The number of hydrogen-bond donors (Lipinski definition) is 1. The maximum absolute atomic E-state index is 12.5. The molecule has 0 spiro atoms. The fraction of sp³-hybridized carbons (Fsp3) is 0.143. The molecule has 0 heterocycles. The maximum Gasteiger partial charge on any atom is 0.320 e. The number of carbonyl (C=O) groups is 1. The maximum atomic E-state index is 12.5. The molecule has 2 N–H and O–H groups in total. The van der Waals surface area contributed by atoms with Gasteiger partial charge in [0.15, 0.2) is 0 Å². The van der Waals surface area contributed by atoms with E-state index in [0.29, 0.717) is 0 Å². The molecule has 6 heteroatoms. The molecule has 2 unspecified atom stereocenters. The minimum Gasteiger partial charge on any atom is -0.318 e. The summed E-state index contributed by atoms with van der Waals surface area (Å²) in [5, 5.41) is 20.2. The molecule has 100 valence electrons. The molecule has 2 rings (SSSR count). The standard InChI is InChI=1S/C14H11N3O3/c15-9-10-4-3-5-11(8-10)13(18)14(17(19)20)7-2-1-6-12(14)16/h1-8,12H,16H2. The van der Waals surface area contributed by atoms with Gasteiger partial charge in [0, 0.05) is 16.6 Å². The Bertz CT molecular complexity index is 672. The molecule has 1 aliphatic carbocycles. The zero-order valence-corrected chi connectivity index (χ0v) is 10.4. The summed E-state index contributed by atoms with van der Waals surface area (Å²) in [5.41, 5.74) is 4.09. The number of ketones is 1. The number of Topliss-reactive ketones (excluding diaryl/α,β-unsaturated/α-hetero) is 1. The van der Waals surface area contributed by atoms with Crippen LogP contribution in [0.25, 0.3) is 0 Å². The lowest BCUT2D eigenvalue weighted by Crippen LogP contribution is -2.58. The molecule has 0 amide bonds. The van der Waals surface area contributed by atoms with Crippen molar-refractivity contribution >= 4 is 5.78 Å². The Morgan fingerprint density at radius 2 is 2.20 bits per heavy atom. The third kappa shape index (κ3) is 2.00. The van der Waals surface area contributed by atoms with Crippen molar-refractivity contribution in [3.05, 3.63) is 69.8 Å². The fourth-order valence-corrected chi connectivity index (χ4v) is 2.10. The van der Waals surface area contributed by atoms with Gasteiger partial charge < -0.3 is 5.73 Å². The van der Waals surface area contributed by atoms with Crippen molar-refractivity contribution in [3.63, 3.8) is 0 Å². The van der Waals surface area contributed by atoms with E-state index in [1.165, 1.54) is 42.5 Å². The summed E-state index contributed by atoms with van der Waals surface area (Å²) in [6.45, 7) is 0. The fourth-order valence-electron chi connectivity index (χ4n) is 2.10. The zero-order chi connectivity index (χ0) is 14.8. The molecule has 6 nitrogen and oxygen atoms in total. The van der Waals surface area contributed by atoms with E-state index in [1.54, 1.807) is 6.08 Å². The molecule has 0 fully saturated rings. The van der Waals surface area contributed by atoms with Crippen LogP contribution in [0.2, 0.25) is 0 Å². The van der Waals surface area contributed by atoms with Crippen LogP contribution in [-0.4, -0.2) is 22.3 Å². The second kappa shape index (κ2) is 5.07. The molecule has 1 aromatic carbocycles. The molecule has 20 heavy (non-hydrogen) atoms. The highest BCUT2D eigenvalue weighted by atomic mass is 16.6. The van der Waals surface area contributed by atoms with Gasteiger partial charge in [0.1, 0.15) is 6.04 Å². The number of allylic oxidation sites excluding steroid dienone is 2. The summed E-state index contributed by atoms with van der Waals surface area (Å²) in [7, 11) is 0. The first-order chi connectivity index (χ1) is 9.52. The first-order valence-corrected chi connectivity index (χ1v) is 5.83. The number of nitriles is 1. The number of benzene rings is 1. The van der Waals surface area contributed by atoms with E-state index in [1.807, 2.05) is 6.07 Å². The van der Waals surface area contributed by atoms with Crippen molar-refractivity contribution in [2.75, 3.05) is 0 Å². The summed E-state index contributed by atoms with van der Waals surface area (Å²) >= 11 is 0. The third-order valence-corrected chi connectivity index (χ3v) is 3.21. The van der Waals surface area contributed by atoms with Crippen LogP contribution in [0.1, 0.15) is 15.9 Å². The van der Waals surface area contributed by atoms with E-state index in [9.17, 15) is 14.9 Å². The highest BCUT2D eigenvalue weighted by Crippen LogP contribution is 2.26. The summed E-state index contributed by atoms with van der Waals surface area (Å²) in [6, 6.07) is 6.63. The van der Waals surface area contributed by atoms with Crippen LogP contribution in [0.5, 0.6) is 0 Å². The highest BCUT2D eigenvalue weighted by Gasteiger charge is 2.54. The number of nitro groups is 1. The van der Waals surface area contributed by atoms with Crippen molar-refractivity contribution in [2.45, 2.75) is 11.6 Å². The molecule has 0 aromatic heterocycles. The Kier molecular flexibility index (Phi) is 3.46. The van der Waals surface area contributed by atoms with E-state index >= 15 is 0 Å². The Morgan fingerprint density at radius 1 is 1.45 bits per heavy atom. The van der Waals surface area contributed by atoms with E-state index in [2.05, 4.69) is 0 Å². The van der Waals surface area contributed by atoms with E-state index in [0.717, 1.165) is 0 Å². The molecular weight excluding hydrogens is 258 g/mol. The number of nitrogens with two attached hydrogens (primary N) is 1. The largest absolute Gasteiger partial charge is 0.320 e. The molecule has 2 atom stereocenters. The summed E-state index contributed by atoms with van der Waals surface area (Å²) in [5.74, 6) is -0.729. The minimum atomic E-state index is -2.02. The molecule has 0 bridgehead atoms. The first kappa shape index (κ1) is 13.6. The van der Waals surface area contributed by atoms with Crippen LogP contribution >= 0.6 is 0 Å². The molecule has 0 aliphatic heterocycles. The summed E-state index contributed by atoms with van der Waals surface area (Å²) in [6.07, 6.45) is 5.59. The SMILES string of the molecule is N#Cc1cccc(C(=O)C2([N+](=O)[O-])C=CC=CC2N)c1. The number of nitrogens with zero attached hydrogens (tertiary/aromatic N) is 2. The quantitative estimate of drug-likeness (QED) is 0.503. The van der Waals surface area contributed by atoms with Crippen molar-refractivity contribution in [1.29, 1.82) is 5.26 Å². The number of hydrogen-bond acceptors (Lipinski definition) is 5.